The van der Waals surface area contributed by atoms with Crippen LogP contribution in [0.5, 0.6) is 5.75 Å². The minimum atomic E-state index is -0.981. The van der Waals surface area contributed by atoms with Crippen molar-refractivity contribution in [2.45, 2.75) is 12.6 Å². The summed E-state index contributed by atoms with van der Waals surface area (Å²) in [6, 6.07) is 8.03. The summed E-state index contributed by atoms with van der Waals surface area (Å²) in [5, 5.41) is 14.0. The number of thiazole rings is 1. The lowest BCUT2D eigenvalue weighted by Gasteiger charge is -2.09. The lowest BCUT2D eigenvalue weighted by molar-refractivity contribution is 0.0696. The highest BCUT2D eigenvalue weighted by Gasteiger charge is 2.23. The molecule has 0 saturated carbocycles. The smallest absolute Gasteiger partial charge is 0.365 e. The van der Waals surface area contributed by atoms with Gasteiger partial charge in [0.15, 0.2) is 0 Å². The van der Waals surface area contributed by atoms with Crippen LogP contribution in [0.3, 0.4) is 0 Å². The largest absolute Gasteiger partial charge is 0.491 e. The maximum atomic E-state index is 10.7. The number of carbonyl (C=O) groups is 1. The Morgan fingerprint density at radius 3 is 3.16 bits per heavy atom. The molecule has 0 bridgehead atoms. The summed E-state index contributed by atoms with van der Waals surface area (Å²) in [6.45, 7) is 1.13. The fourth-order valence-corrected chi connectivity index (χ4v) is 2.70. The molecular weight excluding hydrogens is 264 g/mol. The van der Waals surface area contributed by atoms with E-state index in [0.717, 1.165) is 28.3 Å². The lowest BCUT2D eigenvalue weighted by Crippen LogP contribution is -2.22. The molecule has 98 valence electrons. The van der Waals surface area contributed by atoms with Crippen molar-refractivity contribution in [3.8, 4) is 5.75 Å². The molecule has 1 unspecified atom stereocenters. The molecule has 1 aliphatic heterocycles. The van der Waals surface area contributed by atoms with Gasteiger partial charge in [-0.15, -0.1) is 11.3 Å². The molecule has 0 fully saturated rings. The normalized spacial score (nSPS) is 16.9. The second kappa shape index (κ2) is 4.99. The minimum Gasteiger partial charge on any atom is -0.491 e. The van der Waals surface area contributed by atoms with Gasteiger partial charge < -0.3 is 15.2 Å². The summed E-state index contributed by atoms with van der Waals surface area (Å²) < 4.78 is 5.57. The first-order valence-electron chi connectivity index (χ1n) is 5.87. The quantitative estimate of drug-likeness (QED) is 0.894. The van der Waals surface area contributed by atoms with Crippen LogP contribution in [0.4, 0.5) is 0 Å². The van der Waals surface area contributed by atoms with Crippen LogP contribution in [0.1, 0.15) is 27.1 Å². The van der Waals surface area contributed by atoms with Gasteiger partial charge in [-0.2, -0.15) is 0 Å². The second-order valence-corrected chi connectivity index (χ2v) is 5.09. The Bertz CT molecular complexity index is 611. The van der Waals surface area contributed by atoms with Gasteiger partial charge >= 0.3 is 5.97 Å². The summed E-state index contributed by atoms with van der Waals surface area (Å²) in [5.74, 6) is -0.0738. The number of hydrogen-bond donors (Lipinski definition) is 2. The van der Waals surface area contributed by atoms with E-state index in [-0.39, 0.29) is 11.0 Å². The fourth-order valence-electron chi connectivity index (χ4n) is 2.05. The Hall–Kier alpha value is -1.92. The van der Waals surface area contributed by atoms with Gasteiger partial charge in [0.2, 0.25) is 5.01 Å². The van der Waals surface area contributed by atoms with E-state index in [1.165, 1.54) is 0 Å². The molecule has 3 rings (SSSR count). The number of nitrogens with one attached hydrogen (secondary N) is 1. The zero-order valence-corrected chi connectivity index (χ0v) is 10.8. The fraction of sp³-hybridized carbons (Fsp3) is 0.231. The highest BCUT2D eigenvalue weighted by atomic mass is 32.1. The number of hydrogen-bond acceptors (Lipinski definition) is 5. The number of carboxylic acids is 1. The molecule has 0 radical (unpaired) electrons. The SMILES string of the molecule is O=C(O)c1nc(CNC2COc3ccccc32)cs1. The van der Waals surface area contributed by atoms with E-state index in [9.17, 15) is 4.79 Å². The predicted molar refractivity (Wildman–Crippen MR) is 70.6 cm³/mol. The van der Waals surface area contributed by atoms with Gasteiger partial charge in [-0.3, -0.25) is 0 Å². The first-order chi connectivity index (χ1) is 9.24. The third-order valence-corrected chi connectivity index (χ3v) is 3.84. The van der Waals surface area contributed by atoms with Gasteiger partial charge in [0.25, 0.3) is 0 Å². The second-order valence-electron chi connectivity index (χ2n) is 4.23. The zero-order chi connectivity index (χ0) is 13.2. The lowest BCUT2D eigenvalue weighted by atomic mass is 10.1. The van der Waals surface area contributed by atoms with Crippen molar-refractivity contribution >= 4 is 17.3 Å². The number of fused-ring (bicyclic) bond motifs is 1. The third-order valence-electron chi connectivity index (χ3n) is 2.96. The topological polar surface area (TPSA) is 71.5 Å². The number of para-hydroxylation sites is 1. The average Bonchev–Trinajstić information content (AvgIpc) is 3.03. The number of aromatic carboxylic acids is 1. The van der Waals surface area contributed by atoms with E-state index >= 15 is 0 Å². The third kappa shape index (κ3) is 2.45. The number of ether oxygens (including phenoxy) is 1. The molecule has 0 amide bonds. The molecule has 1 aromatic carbocycles. The van der Waals surface area contributed by atoms with Gasteiger partial charge in [-0.25, -0.2) is 9.78 Å². The highest BCUT2D eigenvalue weighted by Crippen LogP contribution is 2.31. The molecule has 2 aromatic rings. The van der Waals surface area contributed by atoms with E-state index in [4.69, 9.17) is 9.84 Å². The van der Waals surface area contributed by atoms with Gasteiger partial charge in [0, 0.05) is 17.5 Å². The van der Waals surface area contributed by atoms with Crippen molar-refractivity contribution in [3.05, 3.63) is 45.9 Å². The maximum absolute atomic E-state index is 10.7. The first kappa shape index (κ1) is 12.1. The van der Waals surface area contributed by atoms with Crippen LogP contribution in [-0.2, 0) is 6.54 Å². The number of benzene rings is 1. The Morgan fingerprint density at radius 1 is 1.53 bits per heavy atom. The molecular formula is C13H12N2O3S. The van der Waals surface area contributed by atoms with Gasteiger partial charge in [-0.1, -0.05) is 18.2 Å². The summed E-state index contributed by atoms with van der Waals surface area (Å²) >= 11 is 1.14. The predicted octanol–water partition coefficient (Wildman–Crippen LogP) is 2.06. The van der Waals surface area contributed by atoms with Gasteiger partial charge in [-0.05, 0) is 6.07 Å². The van der Waals surface area contributed by atoms with E-state index in [1.807, 2.05) is 24.3 Å². The van der Waals surface area contributed by atoms with Crippen LogP contribution in [-0.4, -0.2) is 22.7 Å². The van der Waals surface area contributed by atoms with Crippen LogP contribution >= 0.6 is 11.3 Å². The number of nitrogens with zero attached hydrogens (tertiary/aromatic N) is 1. The Kier molecular flexibility index (Phi) is 3.18. The van der Waals surface area contributed by atoms with Crippen LogP contribution in [0.15, 0.2) is 29.6 Å². The van der Waals surface area contributed by atoms with Crippen molar-refractivity contribution in [2.24, 2.45) is 0 Å². The molecule has 1 aromatic heterocycles. The van der Waals surface area contributed by atoms with Crippen molar-refractivity contribution in [1.29, 1.82) is 0 Å². The van der Waals surface area contributed by atoms with Crippen LogP contribution in [0, 0.1) is 0 Å². The van der Waals surface area contributed by atoms with E-state index < -0.39 is 5.97 Å². The molecule has 0 aliphatic carbocycles. The molecule has 0 saturated heterocycles. The van der Waals surface area contributed by atoms with Crippen LogP contribution < -0.4 is 10.1 Å². The van der Waals surface area contributed by atoms with Crippen LogP contribution in [0.2, 0.25) is 0 Å². The number of carboxylic acid groups (broad SMARTS) is 1. The standard InChI is InChI=1S/C13H12N2O3S/c16-13(17)12-15-8(7-19-12)5-14-10-6-18-11-4-2-1-3-9(10)11/h1-4,7,10,14H,5-6H2,(H,16,17). The minimum absolute atomic E-state index is 0.125. The monoisotopic (exact) mass is 276 g/mol. The molecule has 2 N–H and O–H groups in total. The van der Waals surface area contributed by atoms with Gasteiger partial charge in [0.05, 0.1) is 11.7 Å². The molecule has 19 heavy (non-hydrogen) atoms. The van der Waals surface area contributed by atoms with Crippen molar-refractivity contribution in [2.75, 3.05) is 6.61 Å². The summed E-state index contributed by atoms with van der Waals surface area (Å²) in [5.41, 5.74) is 1.88. The summed E-state index contributed by atoms with van der Waals surface area (Å²) in [7, 11) is 0. The van der Waals surface area contributed by atoms with Gasteiger partial charge in [0.1, 0.15) is 12.4 Å². The van der Waals surface area contributed by atoms with Crippen LogP contribution in [0.25, 0.3) is 0 Å². The molecule has 0 spiro atoms. The molecule has 6 heteroatoms. The number of rotatable bonds is 4. The Morgan fingerprint density at radius 2 is 2.37 bits per heavy atom. The Labute approximate surface area is 113 Å². The molecule has 1 aliphatic rings. The Balaban J connectivity index is 1.65. The first-order valence-corrected chi connectivity index (χ1v) is 6.75. The maximum Gasteiger partial charge on any atom is 0.365 e. The van der Waals surface area contributed by atoms with E-state index in [2.05, 4.69) is 10.3 Å². The highest BCUT2D eigenvalue weighted by molar-refractivity contribution is 7.11. The number of aromatic nitrogens is 1. The van der Waals surface area contributed by atoms with Crippen molar-refractivity contribution < 1.29 is 14.6 Å². The van der Waals surface area contributed by atoms with Crippen molar-refractivity contribution in [1.82, 2.24) is 10.3 Å². The van der Waals surface area contributed by atoms with E-state index in [1.54, 1.807) is 5.38 Å². The molecule has 5 nitrogen and oxygen atoms in total. The average molecular weight is 276 g/mol. The molecule has 1 atom stereocenters. The van der Waals surface area contributed by atoms with Crippen molar-refractivity contribution in [3.63, 3.8) is 0 Å². The van der Waals surface area contributed by atoms with E-state index in [0.29, 0.717) is 13.2 Å². The summed E-state index contributed by atoms with van der Waals surface area (Å²) in [4.78, 5) is 14.8. The molecule has 2 heterocycles. The zero-order valence-electron chi connectivity index (χ0n) is 10.00. The summed E-state index contributed by atoms with van der Waals surface area (Å²) in [6.07, 6.45) is 0.